The van der Waals surface area contributed by atoms with Crippen LogP contribution in [0.15, 0.2) is 58.3 Å². The highest BCUT2D eigenvalue weighted by molar-refractivity contribution is 5.83. The van der Waals surface area contributed by atoms with E-state index in [2.05, 4.69) is 4.99 Å². The Balaban J connectivity index is 2.10. The predicted octanol–water partition coefficient (Wildman–Crippen LogP) is 4.41. The first kappa shape index (κ1) is 20.1. The SMILES string of the molecule is CCc1ccccc1N=Cc1c(C(F)(F)F)[nH]n(-c2ccc([N+](=O)[O-])cc2)c1=O. The first-order valence-electron chi connectivity index (χ1n) is 8.51. The van der Waals surface area contributed by atoms with Crippen LogP contribution in [0.1, 0.15) is 23.7 Å². The topological polar surface area (TPSA) is 93.3 Å². The lowest BCUT2D eigenvalue weighted by atomic mass is 10.1. The second-order valence-electron chi connectivity index (χ2n) is 6.05. The van der Waals surface area contributed by atoms with Crippen LogP contribution in [0.3, 0.4) is 0 Å². The van der Waals surface area contributed by atoms with Crippen molar-refractivity contribution in [2.24, 2.45) is 4.99 Å². The lowest BCUT2D eigenvalue weighted by Gasteiger charge is -2.05. The van der Waals surface area contributed by atoms with E-state index < -0.39 is 27.9 Å². The zero-order valence-electron chi connectivity index (χ0n) is 15.1. The molecule has 0 aliphatic carbocycles. The second kappa shape index (κ2) is 7.74. The summed E-state index contributed by atoms with van der Waals surface area (Å²) in [6.45, 7) is 1.88. The van der Waals surface area contributed by atoms with Crippen LogP contribution in [0.4, 0.5) is 24.5 Å². The first-order valence-corrected chi connectivity index (χ1v) is 8.51. The van der Waals surface area contributed by atoms with E-state index in [0.717, 1.165) is 23.9 Å². The number of nitro benzene ring substituents is 1. The summed E-state index contributed by atoms with van der Waals surface area (Å²) in [5.41, 5.74) is -1.81. The highest BCUT2D eigenvalue weighted by atomic mass is 19.4. The standard InChI is InChI=1S/C19H15F3N4O3/c1-2-12-5-3-4-6-16(12)23-11-15-17(19(20,21)22)24-25(18(15)27)13-7-9-14(10-8-13)26(28)29/h3-11,24H,2H2,1H3. The number of aryl methyl sites for hydroxylation is 1. The van der Waals surface area contributed by atoms with Gasteiger partial charge in [0.1, 0.15) is 0 Å². The van der Waals surface area contributed by atoms with Crippen molar-refractivity contribution in [1.82, 2.24) is 9.78 Å². The molecular formula is C19H15F3N4O3. The third kappa shape index (κ3) is 4.10. The van der Waals surface area contributed by atoms with Crippen molar-refractivity contribution in [2.45, 2.75) is 19.5 Å². The Bertz CT molecular complexity index is 1130. The number of benzene rings is 2. The van der Waals surface area contributed by atoms with Crippen LogP contribution in [0, 0.1) is 10.1 Å². The van der Waals surface area contributed by atoms with Gasteiger partial charge in [0.2, 0.25) is 0 Å². The molecule has 0 amide bonds. The zero-order chi connectivity index (χ0) is 21.2. The molecule has 1 aromatic heterocycles. The van der Waals surface area contributed by atoms with Gasteiger partial charge in [-0.05, 0) is 30.2 Å². The summed E-state index contributed by atoms with van der Waals surface area (Å²) in [6, 6.07) is 11.5. The minimum atomic E-state index is -4.82. The Morgan fingerprint density at radius 2 is 1.83 bits per heavy atom. The van der Waals surface area contributed by atoms with Gasteiger partial charge in [-0.3, -0.25) is 25.0 Å². The Morgan fingerprint density at radius 1 is 1.17 bits per heavy atom. The summed E-state index contributed by atoms with van der Waals surface area (Å²) in [4.78, 5) is 26.8. The lowest BCUT2D eigenvalue weighted by molar-refractivity contribution is -0.384. The molecule has 29 heavy (non-hydrogen) atoms. The molecule has 1 N–H and O–H groups in total. The smallest absolute Gasteiger partial charge is 0.286 e. The van der Waals surface area contributed by atoms with Gasteiger partial charge in [-0.2, -0.15) is 13.2 Å². The molecule has 3 aromatic rings. The highest BCUT2D eigenvalue weighted by Gasteiger charge is 2.37. The van der Waals surface area contributed by atoms with Gasteiger partial charge in [0.25, 0.3) is 11.2 Å². The Hall–Kier alpha value is -3.69. The lowest BCUT2D eigenvalue weighted by Crippen LogP contribution is -2.17. The highest BCUT2D eigenvalue weighted by Crippen LogP contribution is 2.30. The van der Waals surface area contributed by atoms with Crippen molar-refractivity contribution >= 4 is 17.6 Å². The van der Waals surface area contributed by atoms with Crippen LogP contribution >= 0.6 is 0 Å². The van der Waals surface area contributed by atoms with Gasteiger partial charge in [0, 0.05) is 18.3 Å². The maximum absolute atomic E-state index is 13.5. The van der Waals surface area contributed by atoms with Crippen molar-refractivity contribution in [2.75, 3.05) is 0 Å². The van der Waals surface area contributed by atoms with E-state index in [1.807, 2.05) is 12.0 Å². The van der Waals surface area contributed by atoms with Gasteiger partial charge in [0.15, 0.2) is 5.69 Å². The molecule has 3 rings (SSSR count). The van der Waals surface area contributed by atoms with Crippen LogP contribution in [-0.2, 0) is 12.6 Å². The molecule has 1 heterocycles. The summed E-state index contributed by atoms with van der Waals surface area (Å²) >= 11 is 0. The average molecular weight is 404 g/mol. The van der Waals surface area contributed by atoms with E-state index in [1.165, 1.54) is 12.1 Å². The van der Waals surface area contributed by atoms with Crippen LogP contribution < -0.4 is 5.56 Å². The summed E-state index contributed by atoms with van der Waals surface area (Å²) in [6.07, 6.45) is -3.31. The number of nitrogens with zero attached hydrogens (tertiary/aromatic N) is 3. The first-order chi connectivity index (χ1) is 13.7. The molecule has 0 aliphatic heterocycles. The Kier molecular flexibility index (Phi) is 5.35. The zero-order valence-corrected chi connectivity index (χ0v) is 15.1. The monoisotopic (exact) mass is 404 g/mol. The molecule has 0 unspecified atom stereocenters. The van der Waals surface area contributed by atoms with E-state index in [-0.39, 0.29) is 11.4 Å². The number of alkyl halides is 3. The molecule has 0 saturated heterocycles. The predicted molar refractivity (Wildman–Crippen MR) is 101 cm³/mol. The van der Waals surface area contributed by atoms with Crippen molar-refractivity contribution < 1.29 is 18.1 Å². The Morgan fingerprint density at radius 3 is 2.41 bits per heavy atom. The number of aromatic nitrogens is 2. The van der Waals surface area contributed by atoms with Crippen molar-refractivity contribution in [1.29, 1.82) is 0 Å². The molecule has 10 heteroatoms. The van der Waals surface area contributed by atoms with Gasteiger partial charge in [0.05, 0.1) is 21.9 Å². The number of para-hydroxylation sites is 1. The number of H-pyrrole nitrogens is 1. The third-order valence-corrected chi connectivity index (χ3v) is 4.23. The number of aromatic amines is 1. The maximum Gasteiger partial charge on any atom is 0.433 e. The molecule has 0 spiro atoms. The minimum Gasteiger partial charge on any atom is -0.286 e. The molecular weight excluding hydrogens is 389 g/mol. The van der Waals surface area contributed by atoms with Crippen molar-refractivity contribution in [3.05, 3.63) is 85.8 Å². The van der Waals surface area contributed by atoms with E-state index in [4.69, 9.17) is 0 Å². The number of hydrogen-bond donors (Lipinski definition) is 1. The molecule has 0 atom stereocenters. The van der Waals surface area contributed by atoms with Crippen LogP contribution in [-0.4, -0.2) is 20.9 Å². The van der Waals surface area contributed by atoms with Crippen LogP contribution in [0.25, 0.3) is 5.69 Å². The molecule has 0 radical (unpaired) electrons. The van der Waals surface area contributed by atoms with E-state index in [0.29, 0.717) is 16.8 Å². The molecule has 0 saturated carbocycles. The summed E-state index contributed by atoms with van der Waals surface area (Å²) < 4.78 is 41.1. The fourth-order valence-electron chi connectivity index (χ4n) is 2.76. The molecule has 7 nitrogen and oxygen atoms in total. The number of rotatable bonds is 5. The minimum absolute atomic E-state index is 0.0275. The van der Waals surface area contributed by atoms with E-state index >= 15 is 0 Å². The second-order valence-corrected chi connectivity index (χ2v) is 6.05. The fourth-order valence-corrected chi connectivity index (χ4v) is 2.76. The van der Waals surface area contributed by atoms with Gasteiger partial charge in [-0.15, -0.1) is 0 Å². The van der Waals surface area contributed by atoms with Gasteiger partial charge >= 0.3 is 6.18 Å². The largest absolute Gasteiger partial charge is 0.433 e. The number of hydrogen-bond acceptors (Lipinski definition) is 4. The number of aliphatic imine (C=N–C) groups is 1. The number of non-ortho nitro benzene ring substituents is 1. The third-order valence-electron chi connectivity index (χ3n) is 4.23. The Labute approximate surface area is 162 Å². The normalized spacial score (nSPS) is 11.9. The number of nitrogens with one attached hydrogen (secondary N) is 1. The van der Waals surface area contributed by atoms with E-state index in [1.54, 1.807) is 24.3 Å². The molecule has 0 aliphatic rings. The molecule has 150 valence electrons. The maximum atomic E-state index is 13.5. The summed E-state index contributed by atoms with van der Waals surface area (Å²) in [5.74, 6) is 0. The fraction of sp³-hybridized carbons (Fsp3) is 0.158. The number of nitro groups is 1. The molecule has 0 fully saturated rings. The van der Waals surface area contributed by atoms with Crippen LogP contribution in [0.5, 0.6) is 0 Å². The van der Waals surface area contributed by atoms with Crippen molar-refractivity contribution in [3.8, 4) is 5.69 Å². The van der Waals surface area contributed by atoms with Crippen LogP contribution in [0.2, 0.25) is 0 Å². The van der Waals surface area contributed by atoms with Crippen molar-refractivity contribution in [3.63, 3.8) is 0 Å². The number of halogens is 3. The van der Waals surface area contributed by atoms with Gasteiger partial charge < -0.3 is 0 Å². The summed E-state index contributed by atoms with van der Waals surface area (Å²) in [5, 5.41) is 12.8. The van der Waals surface area contributed by atoms with E-state index in [9.17, 15) is 28.1 Å². The average Bonchev–Trinajstić information content (AvgIpc) is 3.03. The summed E-state index contributed by atoms with van der Waals surface area (Å²) in [7, 11) is 0. The quantitative estimate of drug-likeness (QED) is 0.388. The molecule has 0 bridgehead atoms. The molecule has 2 aromatic carbocycles. The van der Waals surface area contributed by atoms with Gasteiger partial charge in [-0.1, -0.05) is 25.1 Å². The van der Waals surface area contributed by atoms with Gasteiger partial charge in [-0.25, -0.2) is 4.68 Å².